The zero-order valence-corrected chi connectivity index (χ0v) is 12.6. The van der Waals surface area contributed by atoms with Gasteiger partial charge in [-0.15, -0.1) is 12.4 Å². The first-order chi connectivity index (χ1) is 9.12. The van der Waals surface area contributed by atoms with E-state index in [0.29, 0.717) is 6.42 Å². The molecule has 0 unspecified atom stereocenters. The number of amides is 1. The van der Waals surface area contributed by atoms with E-state index >= 15 is 0 Å². The number of halogens is 1. The molecule has 1 amide bonds. The van der Waals surface area contributed by atoms with Gasteiger partial charge in [0.1, 0.15) is 0 Å². The van der Waals surface area contributed by atoms with E-state index in [1.165, 1.54) is 6.92 Å². The number of carboxylic acids is 1. The Morgan fingerprint density at radius 2 is 1.90 bits per heavy atom. The van der Waals surface area contributed by atoms with Crippen LogP contribution in [0.15, 0.2) is 0 Å². The van der Waals surface area contributed by atoms with Crippen molar-refractivity contribution in [3.63, 3.8) is 0 Å². The Balaban J connectivity index is 0.000000922. The number of sulfone groups is 1. The zero-order chi connectivity index (χ0) is 15.7. The zero-order valence-electron chi connectivity index (χ0n) is 10.9. The van der Waals surface area contributed by atoms with E-state index in [9.17, 15) is 23.1 Å². The van der Waals surface area contributed by atoms with Gasteiger partial charge in [-0.1, -0.05) is 0 Å². The second-order valence-corrected chi connectivity index (χ2v) is 7.05. The molecule has 4 N–H and O–H groups in total. The highest BCUT2D eigenvalue weighted by Crippen LogP contribution is 2.52. The van der Waals surface area contributed by atoms with Crippen molar-refractivity contribution in [3.8, 4) is 0 Å². The Kier molecular flexibility index (Phi) is 6.06. The standard InChI is InChI=1S/C9H14N2O5S.CO2.ClH/c1-4(10)7(12)11-9(8(13)14)3-17(15,16)6-2-5(6)9;2-1-3;/h4-6H,2-3,10H2,1H3,(H,11,12)(H,13,14);;1H/t4-,5+,6-,9-;;/m0../s1. The molecule has 2 fully saturated rings. The Bertz CT molecular complexity index is 570. The monoisotopic (exact) mass is 342 g/mol. The van der Waals surface area contributed by atoms with E-state index in [2.05, 4.69) is 5.32 Å². The van der Waals surface area contributed by atoms with E-state index in [1.54, 1.807) is 0 Å². The lowest BCUT2D eigenvalue weighted by molar-refractivity contribution is -0.191. The second kappa shape index (κ2) is 6.52. The fourth-order valence-corrected chi connectivity index (χ4v) is 4.85. The lowest BCUT2D eigenvalue weighted by Crippen LogP contribution is -2.60. The predicted octanol–water partition coefficient (Wildman–Crippen LogP) is -2.07. The number of nitrogens with two attached hydrogens (primary N) is 1. The minimum Gasteiger partial charge on any atom is -0.479 e. The first-order valence-electron chi connectivity index (χ1n) is 5.64. The van der Waals surface area contributed by atoms with Gasteiger partial charge in [0.05, 0.1) is 17.0 Å². The third-order valence-electron chi connectivity index (χ3n) is 3.40. The van der Waals surface area contributed by atoms with Crippen LogP contribution in [-0.2, 0) is 29.0 Å². The van der Waals surface area contributed by atoms with Gasteiger partial charge in [-0.05, 0) is 13.3 Å². The second-order valence-electron chi connectivity index (χ2n) is 4.83. The van der Waals surface area contributed by atoms with Crippen LogP contribution in [0.3, 0.4) is 0 Å². The van der Waals surface area contributed by atoms with Crippen molar-refractivity contribution in [1.82, 2.24) is 5.32 Å². The molecule has 2 rings (SSSR count). The summed E-state index contributed by atoms with van der Waals surface area (Å²) in [5.41, 5.74) is 3.66. The number of hydrogen-bond acceptors (Lipinski definition) is 7. The lowest BCUT2D eigenvalue weighted by Gasteiger charge is -2.27. The Labute approximate surface area is 126 Å². The summed E-state index contributed by atoms with van der Waals surface area (Å²) in [4.78, 5) is 39.0. The van der Waals surface area contributed by atoms with E-state index in [-0.39, 0.29) is 18.6 Å². The minimum atomic E-state index is -3.41. The Morgan fingerprint density at radius 3 is 2.14 bits per heavy atom. The number of fused-ring (bicyclic) bond motifs is 1. The molecule has 11 heteroatoms. The molecule has 0 radical (unpaired) electrons. The molecule has 2 aliphatic rings. The van der Waals surface area contributed by atoms with Gasteiger partial charge in [0, 0.05) is 5.92 Å². The summed E-state index contributed by atoms with van der Waals surface area (Å²) >= 11 is 0. The van der Waals surface area contributed by atoms with Gasteiger partial charge in [0.25, 0.3) is 0 Å². The van der Waals surface area contributed by atoms with Crippen LogP contribution in [0.2, 0.25) is 0 Å². The Morgan fingerprint density at radius 1 is 1.43 bits per heavy atom. The normalized spacial score (nSPS) is 32.1. The molecule has 1 aliphatic carbocycles. The number of aliphatic carboxylic acids is 1. The average molecular weight is 343 g/mol. The molecule has 0 aromatic heterocycles. The van der Waals surface area contributed by atoms with Crippen LogP contribution in [-0.4, -0.2) is 54.1 Å². The van der Waals surface area contributed by atoms with Gasteiger partial charge in [0.2, 0.25) is 5.91 Å². The maximum Gasteiger partial charge on any atom is 0.373 e. The van der Waals surface area contributed by atoms with Gasteiger partial charge in [-0.25, -0.2) is 13.2 Å². The van der Waals surface area contributed by atoms with E-state index in [1.807, 2.05) is 0 Å². The highest BCUT2D eigenvalue weighted by atomic mass is 35.5. The molecule has 120 valence electrons. The SMILES string of the molecule is C[C@H](N)C(=O)N[C@@]1(C(=O)O)CS(=O)(=O)[C@H]2C[C@H]21.Cl.O=C=O. The summed E-state index contributed by atoms with van der Waals surface area (Å²) in [7, 11) is -3.41. The highest BCUT2D eigenvalue weighted by molar-refractivity contribution is 7.92. The molecule has 0 aromatic carbocycles. The molecule has 0 bridgehead atoms. The number of carbonyl (C=O) groups excluding carboxylic acids is 3. The van der Waals surface area contributed by atoms with Crippen molar-refractivity contribution in [1.29, 1.82) is 0 Å². The molecular formula is C10H15ClN2O7S. The van der Waals surface area contributed by atoms with Gasteiger partial charge in [0.15, 0.2) is 15.4 Å². The van der Waals surface area contributed by atoms with Gasteiger partial charge in [-0.3, -0.25) is 4.79 Å². The summed E-state index contributed by atoms with van der Waals surface area (Å²) in [5, 5.41) is 10.9. The van der Waals surface area contributed by atoms with Gasteiger partial charge in [-0.2, -0.15) is 9.59 Å². The quantitative estimate of drug-likeness (QED) is 0.527. The third kappa shape index (κ3) is 3.59. The van der Waals surface area contributed by atoms with Crippen molar-refractivity contribution in [2.24, 2.45) is 11.7 Å². The number of rotatable bonds is 3. The molecule has 1 saturated heterocycles. The van der Waals surface area contributed by atoms with E-state index in [0.717, 1.165) is 0 Å². The van der Waals surface area contributed by atoms with Crippen LogP contribution in [0.5, 0.6) is 0 Å². The van der Waals surface area contributed by atoms with Crippen molar-refractivity contribution in [3.05, 3.63) is 0 Å². The first-order valence-corrected chi connectivity index (χ1v) is 7.35. The van der Waals surface area contributed by atoms with Crippen LogP contribution in [0.25, 0.3) is 0 Å². The molecule has 1 aliphatic heterocycles. The highest BCUT2D eigenvalue weighted by Gasteiger charge is 2.70. The fourth-order valence-electron chi connectivity index (χ4n) is 2.35. The fraction of sp³-hybridized carbons (Fsp3) is 0.700. The number of carboxylic acid groups (broad SMARTS) is 1. The third-order valence-corrected chi connectivity index (χ3v) is 5.70. The summed E-state index contributed by atoms with van der Waals surface area (Å²) in [6, 6.07) is -0.869. The topological polar surface area (TPSA) is 161 Å². The molecule has 0 aromatic rings. The van der Waals surface area contributed by atoms with E-state index in [4.69, 9.17) is 15.3 Å². The van der Waals surface area contributed by atoms with Crippen LogP contribution in [0, 0.1) is 5.92 Å². The van der Waals surface area contributed by atoms with Gasteiger partial charge < -0.3 is 16.2 Å². The number of nitrogens with one attached hydrogen (secondary N) is 1. The largest absolute Gasteiger partial charge is 0.479 e. The van der Waals surface area contributed by atoms with E-state index < -0.39 is 50.2 Å². The molecule has 1 heterocycles. The van der Waals surface area contributed by atoms with Crippen molar-refractivity contribution >= 4 is 40.3 Å². The van der Waals surface area contributed by atoms with Crippen LogP contribution in [0.1, 0.15) is 13.3 Å². The Hall–Kier alpha value is -1.48. The number of hydrogen-bond donors (Lipinski definition) is 3. The molecule has 1 saturated carbocycles. The molecule has 9 nitrogen and oxygen atoms in total. The van der Waals surface area contributed by atoms with Crippen LogP contribution >= 0.6 is 12.4 Å². The smallest absolute Gasteiger partial charge is 0.373 e. The average Bonchev–Trinajstić information content (AvgIpc) is 3.05. The van der Waals surface area contributed by atoms with Gasteiger partial charge >= 0.3 is 12.1 Å². The van der Waals surface area contributed by atoms with Crippen molar-refractivity contribution < 1.29 is 32.7 Å². The summed E-state index contributed by atoms with van der Waals surface area (Å²) in [6.45, 7) is 1.42. The van der Waals surface area contributed by atoms with Crippen molar-refractivity contribution in [2.75, 3.05) is 5.75 Å². The predicted molar refractivity (Wildman–Crippen MR) is 70.1 cm³/mol. The maximum absolute atomic E-state index is 11.6. The van der Waals surface area contributed by atoms with Crippen molar-refractivity contribution in [2.45, 2.75) is 30.2 Å². The van der Waals surface area contributed by atoms with Crippen LogP contribution < -0.4 is 11.1 Å². The van der Waals surface area contributed by atoms with Crippen LogP contribution in [0.4, 0.5) is 0 Å². The molecule has 4 atom stereocenters. The maximum atomic E-state index is 11.6. The lowest BCUT2D eigenvalue weighted by atomic mass is 9.95. The number of carbonyl (C=O) groups is 2. The molecular weight excluding hydrogens is 328 g/mol. The summed E-state index contributed by atoms with van der Waals surface area (Å²) < 4.78 is 23.3. The summed E-state index contributed by atoms with van der Waals surface area (Å²) in [5.74, 6) is -3.01. The summed E-state index contributed by atoms with van der Waals surface area (Å²) in [6.07, 6.45) is 0.549. The first kappa shape index (κ1) is 19.5. The molecule has 21 heavy (non-hydrogen) atoms. The molecule has 0 spiro atoms. The minimum absolute atomic E-state index is 0.